The number of phenolic OH excluding ortho intramolecular Hbond substituents is 2. The van der Waals surface area contributed by atoms with Gasteiger partial charge in [-0.2, -0.15) is 0 Å². The Morgan fingerprint density at radius 1 is 0.508 bits per heavy atom. The summed E-state index contributed by atoms with van der Waals surface area (Å²) in [7, 11) is 9.78. The van der Waals surface area contributed by atoms with Crippen LogP contribution in [0.2, 0.25) is 0 Å². The average molecular weight is 860 g/mol. The molecular weight excluding hydrogens is 803 g/mol. The normalized spacial score (nSPS) is 14.2. The Kier molecular flexibility index (Phi) is 12.9. The van der Waals surface area contributed by atoms with Gasteiger partial charge in [0.05, 0.1) is 0 Å². The average Bonchev–Trinajstić information content (AvgIpc) is 3.63. The Labute approximate surface area is 368 Å². The van der Waals surface area contributed by atoms with Crippen LogP contribution in [-0.2, 0) is 41.0 Å². The van der Waals surface area contributed by atoms with Crippen LogP contribution in [0.4, 0.5) is 0 Å². The summed E-state index contributed by atoms with van der Waals surface area (Å²) in [6.07, 6.45) is 0. The van der Waals surface area contributed by atoms with Gasteiger partial charge in [0.1, 0.15) is 11.5 Å². The predicted molar refractivity (Wildman–Crippen MR) is 243 cm³/mol. The van der Waals surface area contributed by atoms with Gasteiger partial charge in [-0.05, 0) is 99.9 Å². The van der Waals surface area contributed by atoms with E-state index in [1.54, 1.807) is 0 Å². The van der Waals surface area contributed by atoms with Gasteiger partial charge in [-0.1, -0.05) is 132 Å². The minimum absolute atomic E-state index is 0.347. The second kappa shape index (κ2) is 17.6. The summed E-state index contributed by atoms with van der Waals surface area (Å²) >= 11 is -0.556. The molecule has 304 valence electrons. The van der Waals surface area contributed by atoms with Gasteiger partial charge in [0, 0.05) is 71.3 Å². The van der Waals surface area contributed by atoms with E-state index in [1.807, 2.05) is 0 Å². The second-order valence-electron chi connectivity index (χ2n) is 17.3. The first-order valence-corrected chi connectivity index (χ1v) is 25.0. The van der Waals surface area contributed by atoms with Crippen molar-refractivity contribution >= 4 is 18.6 Å². The van der Waals surface area contributed by atoms with E-state index in [4.69, 9.17) is 18.6 Å². The van der Waals surface area contributed by atoms with Crippen LogP contribution in [0.1, 0.15) is 97.2 Å². The van der Waals surface area contributed by atoms with E-state index < -0.39 is 27.9 Å². The zero-order valence-electron chi connectivity index (χ0n) is 35.6. The van der Waals surface area contributed by atoms with Crippen molar-refractivity contribution in [3.63, 3.8) is 0 Å². The van der Waals surface area contributed by atoms with Crippen LogP contribution in [0, 0.1) is 13.8 Å². The number of phenols is 2. The van der Waals surface area contributed by atoms with Gasteiger partial charge >= 0.3 is 35.6 Å². The van der Waals surface area contributed by atoms with Crippen LogP contribution in [-0.4, -0.2) is 45.2 Å². The number of benzene rings is 6. The predicted octanol–water partition coefficient (Wildman–Crippen LogP) is 12.9. The van der Waals surface area contributed by atoms with Crippen LogP contribution in [0.5, 0.6) is 11.5 Å². The van der Waals surface area contributed by atoms with Gasteiger partial charge in [-0.15, -0.1) is 0 Å². The van der Waals surface area contributed by atoms with E-state index in [0.717, 1.165) is 46.5 Å². The Bertz CT molecular complexity index is 2220. The van der Waals surface area contributed by atoms with Crippen molar-refractivity contribution in [2.75, 3.05) is 13.1 Å². The first-order chi connectivity index (χ1) is 28.2. The van der Waals surface area contributed by atoms with E-state index >= 15 is 0 Å². The maximum atomic E-state index is 12.5. The van der Waals surface area contributed by atoms with Crippen molar-refractivity contribution in [2.24, 2.45) is 0 Å². The number of aryl methyl sites for hydroxylation is 2. The number of hydrogen-bond donors (Lipinski definition) is 2. The zero-order chi connectivity index (χ0) is 42.2. The summed E-state index contributed by atoms with van der Waals surface area (Å²) in [6.45, 7) is 20.6. The molecule has 59 heavy (non-hydrogen) atoms. The van der Waals surface area contributed by atoms with Crippen molar-refractivity contribution in [1.29, 1.82) is 0 Å². The molecule has 0 aromatic heterocycles. The molecule has 2 N–H and O–H groups in total. The minimum atomic E-state index is -0.556. The molecule has 0 unspecified atom stereocenters. The van der Waals surface area contributed by atoms with E-state index in [0.29, 0.717) is 36.7 Å². The molecule has 6 aromatic rings. The molecule has 0 amide bonds. The number of aromatic hydroxyl groups is 2. The van der Waals surface area contributed by atoms with Gasteiger partial charge in [0.15, 0.2) is 0 Å². The Balaban J connectivity index is 0.00000171. The van der Waals surface area contributed by atoms with Crippen molar-refractivity contribution in [3.05, 3.63) is 177 Å². The molecule has 2 aliphatic rings. The molecule has 8 rings (SSSR count). The summed E-state index contributed by atoms with van der Waals surface area (Å²) in [5.74, 6) is 0.694. The monoisotopic (exact) mass is 858 g/mol. The molecule has 0 atom stereocenters. The quantitative estimate of drug-likeness (QED) is 0.127. The first kappa shape index (κ1) is 43.2. The fourth-order valence-electron chi connectivity index (χ4n) is 10.3. The van der Waals surface area contributed by atoms with E-state index in [-0.39, 0.29) is 0 Å². The van der Waals surface area contributed by atoms with Crippen LogP contribution in [0.3, 0.4) is 0 Å². The van der Waals surface area contributed by atoms with Gasteiger partial charge < -0.3 is 10.2 Å². The van der Waals surface area contributed by atoms with Gasteiger partial charge in [0.25, 0.3) is 0 Å². The molecule has 0 saturated heterocycles. The fourth-order valence-corrected chi connectivity index (χ4v) is 10.3. The number of rotatable bonds is 11. The number of fused-ring (bicyclic) bond motifs is 6. The number of hydrogen-bond acceptors (Lipinski definition) is 4. The number of halogens is 2. The molecular formula is C52H56Cl2N2O2Ti. The third-order valence-corrected chi connectivity index (χ3v) is 13.0. The summed E-state index contributed by atoms with van der Waals surface area (Å²) in [6, 6.07) is 44.0. The van der Waals surface area contributed by atoms with Crippen molar-refractivity contribution < 1.29 is 27.2 Å². The fraction of sp³-hybridized carbons (Fsp3) is 0.308. The van der Waals surface area contributed by atoms with Crippen molar-refractivity contribution in [1.82, 2.24) is 9.80 Å². The summed E-state index contributed by atoms with van der Waals surface area (Å²) in [4.78, 5) is 4.95. The topological polar surface area (TPSA) is 46.9 Å². The van der Waals surface area contributed by atoms with Crippen LogP contribution < -0.4 is 0 Å². The van der Waals surface area contributed by atoms with Crippen LogP contribution in [0.15, 0.2) is 121 Å². The van der Waals surface area contributed by atoms with E-state index in [9.17, 15) is 10.2 Å². The SMILES string of the molecule is Cc1cc(CN(CCN(C(C)C)C(C)C)Cc2cc(C)cc(C3(C)c4ccccc4-c4ccccc43)c2O)c(O)c(C2(C)c3ccccc3-c3ccccc32)c1.[Cl][Ti][Cl]. The van der Waals surface area contributed by atoms with Crippen LogP contribution in [0.25, 0.3) is 22.3 Å². The third kappa shape index (κ3) is 7.82. The Morgan fingerprint density at radius 3 is 1.12 bits per heavy atom. The molecule has 0 bridgehead atoms. The molecule has 0 heterocycles. The molecule has 0 aliphatic heterocycles. The zero-order valence-corrected chi connectivity index (χ0v) is 38.6. The molecule has 4 nitrogen and oxygen atoms in total. The molecule has 2 aliphatic carbocycles. The van der Waals surface area contributed by atoms with Gasteiger partial charge in [-0.3, -0.25) is 9.80 Å². The molecule has 0 radical (unpaired) electrons. The van der Waals surface area contributed by atoms with E-state index in [1.165, 1.54) is 44.5 Å². The molecule has 0 fully saturated rings. The third-order valence-electron chi connectivity index (χ3n) is 13.0. The maximum absolute atomic E-state index is 12.5. The molecule has 7 heteroatoms. The Morgan fingerprint density at radius 2 is 0.814 bits per heavy atom. The number of nitrogens with zero attached hydrogens (tertiary/aromatic N) is 2. The Hall–Kier alpha value is -3.87. The molecule has 6 aromatic carbocycles. The van der Waals surface area contributed by atoms with Crippen molar-refractivity contribution in [3.8, 4) is 33.8 Å². The summed E-state index contributed by atoms with van der Waals surface area (Å²) < 4.78 is 0. The molecule has 0 saturated carbocycles. The molecule has 0 spiro atoms. The van der Waals surface area contributed by atoms with Crippen LogP contribution >= 0.6 is 18.6 Å². The summed E-state index contributed by atoms with van der Waals surface area (Å²) in [5, 5.41) is 25.0. The summed E-state index contributed by atoms with van der Waals surface area (Å²) in [5.41, 5.74) is 14.7. The first-order valence-electron chi connectivity index (χ1n) is 20.7. The standard InChI is InChI=1S/C52H56N2O2.2ClH.Ti/c1-33(2)54(34(3)4)26-25-53(31-37-27-35(5)29-47(49(37)55)51(7)43-21-13-9-17-39(43)40-18-10-14-22-44(40)51)32-38-28-36(6)30-48(50(38)56)52(8)45-23-15-11-19-41(45)42-20-12-16-24-46(42)52;;;/h9-24,27-30,33-34,55-56H,25-26,31-32H2,1-8H3;2*1H;/q;;;+2/p-2. The van der Waals surface area contributed by atoms with Crippen molar-refractivity contribution in [2.45, 2.75) is 91.4 Å². The van der Waals surface area contributed by atoms with Gasteiger partial charge in [-0.25, -0.2) is 0 Å². The second-order valence-corrected chi connectivity index (χ2v) is 19.9. The van der Waals surface area contributed by atoms with E-state index in [2.05, 4.69) is 187 Å². The van der Waals surface area contributed by atoms with Gasteiger partial charge in [0.2, 0.25) is 0 Å².